The summed E-state index contributed by atoms with van der Waals surface area (Å²) in [5, 5.41) is 7.56. The van der Waals surface area contributed by atoms with Gasteiger partial charge in [0.05, 0.1) is 0 Å². The van der Waals surface area contributed by atoms with E-state index in [1.807, 2.05) is 11.3 Å². The van der Waals surface area contributed by atoms with Crippen LogP contribution in [0.2, 0.25) is 0 Å². The molecule has 102 valence electrons. The third-order valence-electron chi connectivity index (χ3n) is 4.48. The van der Waals surface area contributed by atoms with Crippen molar-refractivity contribution in [3.8, 4) is 0 Å². The molecule has 1 aromatic heterocycles. The van der Waals surface area contributed by atoms with E-state index in [1.165, 1.54) is 47.8 Å². The highest BCUT2D eigenvalue weighted by molar-refractivity contribution is 7.17. The number of hydrogen-bond donors (Lipinski definition) is 1. The minimum Gasteiger partial charge on any atom is -0.310 e. The highest BCUT2D eigenvalue weighted by Gasteiger charge is 2.19. The number of benzene rings is 1. The van der Waals surface area contributed by atoms with Crippen molar-refractivity contribution < 1.29 is 0 Å². The summed E-state index contributed by atoms with van der Waals surface area (Å²) < 4.78 is 1.41. The van der Waals surface area contributed by atoms with Gasteiger partial charge < -0.3 is 5.32 Å². The molecular formula is C17H23NS. The predicted octanol–water partition coefficient (Wildman–Crippen LogP) is 4.96. The van der Waals surface area contributed by atoms with Crippen molar-refractivity contribution in [3.63, 3.8) is 0 Å². The fraction of sp³-hybridized carbons (Fsp3) is 0.529. The van der Waals surface area contributed by atoms with E-state index in [4.69, 9.17) is 0 Å². The minimum atomic E-state index is 0.709. The summed E-state index contributed by atoms with van der Waals surface area (Å²) in [7, 11) is 0. The third-order valence-corrected chi connectivity index (χ3v) is 5.49. The molecule has 1 aliphatic carbocycles. The van der Waals surface area contributed by atoms with E-state index < -0.39 is 0 Å². The zero-order chi connectivity index (χ0) is 13.1. The maximum absolute atomic E-state index is 3.81. The molecule has 0 aliphatic heterocycles. The van der Waals surface area contributed by atoms with Crippen molar-refractivity contribution in [2.75, 3.05) is 0 Å². The molecule has 2 heteroatoms. The van der Waals surface area contributed by atoms with Gasteiger partial charge in [0.1, 0.15) is 0 Å². The Hall–Kier alpha value is -0.860. The van der Waals surface area contributed by atoms with Crippen molar-refractivity contribution in [2.45, 2.75) is 51.6 Å². The van der Waals surface area contributed by atoms with Crippen LogP contribution in [0.4, 0.5) is 0 Å². The van der Waals surface area contributed by atoms with E-state index in [9.17, 15) is 0 Å². The molecule has 0 spiro atoms. The van der Waals surface area contributed by atoms with Gasteiger partial charge in [0, 0.05) is 17.3 Å². The molecule has 19 heavy (non-hydrogen) atoms. The van der Waals surface area contributed by atoms with Gasteiger partial charge >= 0.3 is 0 Å². The molecule has 3 rings (SSSR count). The van der Waals surface area contributed by atoms with Crippen LogP contribution in [0, 0.1) is 5.92 Å². The zero-order valence-corrected chi connectivity index (χ0v) is 12.5. The Morgan fingerprint density at radius 3 is 2.95 bits per heavy atom. The van der Waals surface area contributed by atoms with Crippen LogP contribution >= 0.6 is 11.3 Å². The summed E-state index contributed by atoms with van der Waals surface area (Å²) in [6.45, 7) is 3.44. The lowest BCUT2D eigenvalue weighted by Crippen LogP contribution is -2.33. The summed E-state index contributed by atoms with van der Waals surface area (Å²) in [6, 6.07) is 9.45. The Kier molecular flexibility index (Phi) is 4.19. The van der Waals surface area contributed by atoms with Crippen LogP contribution in [0.1, 0.15) is 44.6 Å². The second-order valence-corrected chi connectivity index (χ2v) is 6.77. The van der Waals surface area contributed by atoms with Crippen molar-refractivity contribution in [1.82, 2.24) is 5.32 Å². The number of fused-ring (bicyclic) bond motifs is 1. The van der Waals surface area contributed by atoms with Gasteiger partial charge in [-0.2, -0.15) is 0 Å². The molecule has 1 nitrogen and oxygen atoms in total. The molecule has 1 saturated carbocycles. The Morgan fingerprint density at radius 1 is 1.16 bits per heavy atom. The Labute approximate surface area is 120 Å². The van der Waals surface area contributed by atoms with E-state index in [-0.39, 0.29) is 0 Å². The molecular weight excluding hydrogens is 250 g/mol. The smallest absolute Gasteiger partial charge is 0.0346 e. The second-order valence-electron chi connectivity index (χ2n) is 5.86. The van der Waals surface area contributed by atoms with Gasteiger partial charge in [0.2, 0.25) is 0 Å². The molecule has 0 bridgehead atoms. The lowest BCUT2D eigenvalue weighted by molar-refractivity contribution is 0.356. The summed E-state index contributed by atoms with van der Waals surface area (Å²) in [4.78, 5) is 0. The average Bonchev–Trinajstić information content (AvgIpc) is 2.73. The maximum atomic E-state index is 3.81. The van der Waals surface area contributed by atoms with Crippen LogP contribution in [0.25, 0.3) is 10.1 Å². The minimum absolute atomic E-state index is 0.709. The lowest BCUT2D eigenvalue weighted by atomic mass is 9.97. The van der Waals surface area contributed by atoms with E-state index in [1.54, 1.807) is 0 Å². The Morgan fingerprint density at radius 2 is 2.00 bits per heavy atom. The lowest BCUT2D eigenvalue weighted by Gasteiger charge is -2.22. The summed E-state index contributed by atoms with van der Waals surface area (Å²) in [5.74, 6) is 0.826. The highest BCUT2D eigenvalue weighted by Crippen LogP contribution is 2.27. The number of rotatable bonds is 3. The molecule has 2 atom stereocenters. The fourth-order valence-corrected chi connectivity index (χ4v) is 4.17. The number of thiophene rings is 1. The fourth-order valence-electron chi connectivity index (χ4n) is 3.21. The summed E-state index contributed by atoms with van der Waals surface area (Å²) in [6.07, 6.45) is 6.97. The first-order valence-corrected chi connectivity index (χ1v) is 8.41. The van der Waals surface area contributed by atoms with E-state index in [2.05, 4.69) is 41.9 Å². The Balaban J connectivity index is 1.68. The van der Waals surface area contributed by atoms with Crippen LogP contribution in [0.15, 0.2) is 29.6 Å². The number of nitrogens with one attached hydrogen (secondary N) is 1. The first kappa shape index (κ1) is 13.1. The van der Waals surface area contributed by atoms with Crippen LogP contribution in [0.3, 0.4) is 0 Å². The molecule has 1 aromatic carbocycles. The number of hydrogen-bond acceptors (Lipinski definition) is 2. The normalized spacial score (nSPS) is 24.5. The molecule has 2 unspecified atom stereocenters. The van der Waals surface area contributed by atoms with Crippen LogP contribution in [-0.2, 0) is 6.54 Å². The molecule has 1 N–H and O–H groups in total. The topological polar surface area (TPSA) is 12.0 Å². The molecule has 0 amide bonds. The Bertz CT molecular complexity index is 531. The van der Waals surface area contributed by atoms with Crippen molar-refractivity contribution in [2.24, 2.45) is 5.92 Å². The van der Waals surface area contributed by atoms with Gasteiger partial charge in [-0.05, 0) is 41.2 Å². The van der Waals surface area contributed by atoms with E-state index in [0.29, 0.717) is 6.04 Å². The van der Waals surface area contributed by atoms with Gasteiger partial charge in [0.15, 0.2) is 0 Å². The van der Waals surface area contributed by atoms with Gasteiger partial charge in [-0.3, -0.25) is 0 Å². The molecule has 0 saturated heterocycles. The monoisotopic (exact) mass is 273 g/mol. The summed E-state index contributed by atoms with van der Waals surface area (Å²) >= 11 is 1.87. The first-order valence-electron chi connectivity index (χ1n) is 7.53. The van der Waals surface area contributed by atoms with Crippen LogP contribution in [-0.4, -0.2) is 6.04 Å². The molecule has 2 aromatic rings. The summed E-state index contributed by atoms with van der Waals surface area (Å²) in [5.41, 5.74) is 1.47. The average molecular weight is 273 g/mol. The van der Waals surface area contributed by atoms with E-state index >= 15 is 0 Å². The van der Waals surface area contributed by atoms with Crippen molar-refractivity contribution >= 4 is 21.4 Å². The van der Waals surface area contributed by atoms with Gasteiger partial charge in [-0.25, -0.2) is 0 Å². The molecule has 1 fully saturated rings. The van der Waals surface area contributed by atoms with Crippen molar-refractivity contribution in [3.05, 3.63) is 35.2 Å². The molecule has 0 radical (unpaired) electrons. The maximum Gasteiger partial charge on any atom is 0.0346 e. The predicted molar refractivity (Wildman–Crippen MR) is 84.7 cm³/mol. The van der Waals surface area contributed by atoms with Gasteiger partial charge in [0.25, 0.3) is 0 Å². The second kappa shape index (κ2) is 6.06. The quantitative estimate of drug-likeness (QED) is 0.779. The molecule has 1 heterocycles. The highest BCUT2D eigenvalue weighted by atomic mass is 32.1. The van der Waals surface area contributed by atoms with Crippen molar-refractivity contribution in [1.29, 1.82) is 0 Å². The SMILES string of the molecule is CC1CCCCCC1NCc1csc2ccccc12. The van der Waals surface area contributed by atoms with Crippen LogP contribution < -0.4 is 5.32 Å². The largest absolute Gasteiger partial charge is 0.310 e. The zero-order valence-electron chi connectivity index (χ0n) is 11.7. The van der Waals surface area contributed by atoms with E-state index in [0.717, 1.165) is 12.5 Å². The van der Waals surface area contributed by atoms with Gasteiger partial charge in [-0.1, -0.05) is 44.4 Å². The standard InChI is InChI=1S/C17H23NS/c1-13-7-3-2-4-9-16(13)18-11-14-12-19-17-10-6-5-8-15(14)17/h5-6,8,10,12-13,16,18H,2-4,7,9,11H2,1H3. The van der Waals surface area contributed by atoms with Crippen LogP contribution in [0.5, 0.6) is 0 Å². The van der Waals surface area contributed by atoms with Gasteiger partial charge in [-0.15, -0.1) is 11.3 Å². The third kappa shape index (κ3) is 3.01. The first-order chi connectivity index (χ1) is 9.34. The molecule has 1 aliphatic rings.